The second-order valence-electron chi connectivity index (χ2n) is 5.40. The highest BCUT2D eigenvalue weighted by Gasteiger charge is 2.10. The van der Waals surface area contributed by atoms with Crippen molar-refractivity contribution in [2.75, 3.05) is 5.32 Å². The summed E-state index contributed by atoms with van der Waals surface area (Å²) in [5.41, 5.74) is 3.39. The lowest BCUT2D eigenvalue weighted by molar-refractivity contribution is -0.384. The number of aromatic nitrogens is 3. The summed E-state index contributed by atoms with van der Waals surface area (Å²) in [6.07, 6.45) is 0. The van der Waals surface area contributed by atoms with Gasteiger partial charge in [-0.2, -0.15) is 0 Å². The van der Waals surface area contributed by atoms with Gasteiger partial charge in [0, 0.05) is 23.1 Å². The van der Waals surface area contributed by atoms with Crippen molar-refractivity contribution < 1.29 is 4.92 Å². The number of non-ortho nitro benzene ring substituents is 1. The minimum atomic E-state index is -0.418. The zero-order valence-corrected chi connectivity index (χ0v) is 13.8. The topological polar surface area (TPSA) is 96.7 Å². The number of H-pyrrole nitrogens is 1. The van der Waals surface area contributed by atoms with E-state index in [1.165, 1.54) is 23.5 Å². The summed E-state index contributed by atoms with van der Waals surface area (Å²) in [6, 6.07) is 14.6. The van der Waals surface area contributed by atoms with Gasteiger partial charge in [0.25, 0.3) is 5.69 Å². The zero-order chi connectivity index (χ0) is 17.2. The van der Waals surface area contributed by atoms with Crippen LogP contribution in [0.25, 0.3) is 22.3 Å². The number of nitro groups is 1. The molecule has 0 bridgehead atoms. The van der Waals surface area contributed by atoms with Crippen molar-refractivity contribution in [1.29, 1.82) is 0 Å². The van der Waals surface area contributed by atoms with Gasteiger partial charge < -0.3 is 10.3 Å². The Morgan fingerprint density at radius 1 is 1.16 bits per heavy atom. The molecule has 0 aliphatic heterocycles. The van der Waals surface area contributed by atoms with Crippen molar-refractivity contribution in [2.45, 2.75) is 6.54 Å². The minimum absolute atomic E-state index is 0.0445. The predicted molar refractivity (Wildman–Crippen MR) is 97.6 cm³/mol. The van der Waals surface area contributed by atoms with Gasteiger partial charge >= 0.3 is 0 Å². The number of rotatable bonds is 5. The molecule has 0 unspecified atom stereocenters. The minimum Gasteiger partial charge on any atom is -0.354 e. The molecule has 2 aromatic heterocycles. The average Bonchev–Trinajstić information content (AvgIpc) is 3.26. The molecule has 4 aromatic rings. The molecule has 0 atom stereocenters. The summed E-state index contributed by atoms with van der Waals surface area (Å²) in [5.74, 6) is 0.701. The first kappa shape index (κ1) is 15.3. The fraction of sp³-hybridized carbons (Fsp3) is 0.0588. The molecule has 8 heteroatoms. The van der Waals surface area contributed by atoms with Gasteiger partial charge in [-0.25, -0.2) is 9.97 Å². The number of nitrogens with zero attached hydrogens (tertiary/aromatic N) is 3. The number of hydrogen-bond acceptors (Lipinski definition) is 6. The van der Waals surface area contributed by atoms with Gasteiger partial charge in [-0.1, -0.05) is 30.3 Å². The van der Waals surface area contributed by atoms with Gasteiger partial charge in [0.15, 0.2) is 5.13 Å². The Morgan fingerprint density at radius 3 is 2.80 bits per heavy atom. The molecule has 0 amide bonds. The van der Waals surface area contributed by atoms with E-state index in [9.17, 15) is 10.1 Å². The normalized spacial score (nSPS) is 10.9. The maximum absolute atomic E-state index is 10.8. The molecule has 0 saturated heterocycles. The molecular weight excluding hydrogens is 338 g/mol. The van der Waals surface area contributed by atoms with Crippen LogP contribution in [0.5, 0.6) is 0 Å². The summed E-state index contributed by atoms with van der Waals surface area (Å²) in [6.45, 7) is 0.463. The molecule has 0 aliphatic carbocycles. The molecule has 0 saturated carbocycles. The van der Waals surface area contributed by atoms with E-state index < -0.39 is 4.92 Å². The molecule has 2 heterocycles. The lowest BCUT2D eigenvalue weighted by Gasteiger charge is -1.99. The van der Waals surface area contributed by atoms with Gasteiger partial charge in [-0.15, -0.1) is 11.3 Å². The quantitative estimate of drug-likeness (QED) is 0.415. The molecule has 0 fully saturated rings. The van der Waals surface area contributed by atoms with Crippen molar-refractivity contribution >= 4 is 33.2 Å². The highest BCUT2D eigenvalue weighted by Crippen LogP contribution is 2.25. The van der Waals surface area contributed by atoms with Crippen LogP contribution in [0, 0.1) is 10.1 Å². The number of nitrogens with one attached hydrogen (secondary N) is 2. The van der Waals surface area contributed by atoms with Crippen molar-refractivity contribution in [2.24, 2.45) is 0 Å². The third kappa shape index (κ3) is 3.20. The fourth-order valence-electron chi connectivity index (χ4n) is 2.50. The number of anilines is 1. The number of imidazole rings is 1. The van der Waals surface area contributed by atoms with Crippen LogP contribution in [0.3, 0.4) is 0 Å². The Kier molecular flexibility index (Phi) is 3.87. The Labute approximate surface area is 146 Å². The first-order valence-electron chi connectivity index (χ1n) is 7.57. The van der Waals surface area contributed by atoms with Crippen molar-refractivity contribution in [1.82, 2.24) is 15.0 Å². The van der Waals surface area contributed by atoms with E-state index in [0.717, 1.165) is 16.4 Å². The number of aromatic amines is 1. The molecule has 124 valence electrons. The highest BCUT2D eigenvalue weighted by atomic mass is 32.1. The van der Waals surface area contributed by atoms with Gasteiger partial charge in [-0.3, -0.25) is 10.1 Å². The van der Waals surface area contributed by atoms with E-state index in [4.69, 9.17) is 0 Å². The maximum Gasteiger partial charge on any atom is 0.271 e. The molecule has 2 aromatic carbocycles. The van der Waals surface area contributed by atoms with Gasteiger partial charge in [0.05, 0.1) is 28.2 Å². The van der Waals surface area contributed by atoms with E-state index in [1.54, 1.807) is 6.07 Å². The molecule has 0 aliphatic rings. The average molecular weight is 351 g/mol. The highest BCUT2D eigenvalue weighted by molar-refractivity contribution is 7.14. The van der Waals surface area contributed by atoms with Crippen LogP contribution in [0.4, 0.5) is 10.8 Å². The summed E-state index contributed by atoms with van der Waals surface area (Å²) in [4.78, 5) is 22.5. The third-order valence-electron chi connectivity index (χ3n) is 3.71. The van der Waals surface area contributed by atoms with Gasteiger partial charge in [0.1, 0.15) is 5.82 Å². The Bertz CT molecular complexity index is 1040. The standard InChI is InChI=1S/C17H13N5O2S/c23-22(24)12-6-7-13-14(8-12)20-16(19-13)9-18-17-21-15(10-25-17)11-4-2-1-3-5-11/h1-8,10H,9H2,(H,18,21)(H,19,20). The maximum atomic E-state index is 10.8. The summed E-state index contributed by atoms with van der Waals surface area (Å²) in [7, 11) is 0. The largest absolute Gasteiger partial charge is 0.354 e. The number of thiazole rings is 1. The lowest BCUT2D eigenvalue weighted by Crippen LogP contribution is -2.00. The zero-order valence-electron chi connectivity index (χ0n) is 13.0. The summed E-state index contributed by atoms with van der Waals surface area (Å²) in [5, 5.41) is 16.9. The van der Waals surface area contributed by atoms with Crippen LogP contribution in [0.1, 0.15) is 5.82 Å². The Morgan fingerprint density at radius 2 is 2.00 bits per heavy atom. The van der Waals surface area contributed by atoms with Crippen LogP contribution < -0.4 is 5.32 Å². The van der Waals surface area contributed by atoms with Crippen LogP contribution in [-0.2, 0) is 6.54 Å². The third-order valence-corrected chi connectivity index (χ3v) is 4.51. The first-order chi connectivity index (χ1) is 12.2. The molecular formula is C17H13N5O2S. The van der Waals surface area contributed by atoms with E-state index in [0.29, 0.717) is 23.4 Å². The second-order valence-corrected chi connectivity index (χ2v) is 6.26. The predicted octanol–water partition coefficient (Wildman–Crippen LogP) is 4.21. The first-order valence-corrected chi connectivity index (χ1v) is 8.45. The monoisotopic (exact) mass is 351 g/mol. The summed E-state index contributed by atoms with van der Waals surface area (Å²) < 4.78 is 0. The number of nitro benzene ring substituents is 1. The van der Waals surface area contributed by atoms with E-state index in [2.05, 4.69) is 20.3 Å². The van der Waals surface area contributed by atoms with Crippen molar-refractivity contribution in [3.63, 3.8) is 0 Å². The van der Waals surface area contributed by atoms with E-state index >= 15 is 0 Å². The molecule has 2 N–H and O–H groups in total. The SMILES string of the molecule is O=[N+]([O-])c1ccc2nc(CNc3nc(-c4ccccc4)cs3)[nH]c2c1. The molecule has 0 spiro atoms. The molecule has 0 radical (unpaired) electrons. The Balaban J connectivity index is 1.49. The Hall–Kier alpha value is -3.26. The van der Waals surface area contributed by atoms with Crippen LogP contribution in [0.2, 0.25) is 0 Å². The number of hydrogen-bond donors (Lipinski definition) is 2. The van der Waals surface area contributed by atoms with Crippen molar-refractivity contribution in [3.8, 4) is 11.3 Å². The van der Waals surface area contributed by atoms with Crippen LogP contribution in [0.15, 0.2) is 53.9 Å². The molecule has 25 heavy (non-hydrogen) atoms. The number of benzene rings is 2. The lowest BCUT2D eigenvalue weighted by atomic mass is 10.2. The number of fused-ring (bicyclic) bond motifs is 1. The van der Waals surface area contributed by atoms with Crippen molar-refractivity contribution in [3.05, 3.63) is 69.8 Å². The van der Waals surface area contributed by atoms with E-state index in [1.807, 2.05) is 35.7 Å². The second kappa shape index (κ2) is 6.33. The smallest absolute Gasteiger partial charge is 0.271 e. The van der Waals surface area contributed by atoms with Crippen LogP contribution >= 0.6 is 11.3 Å². The summed E-state index contributed by atoms with van der Waals surface area (Å²) >= 11 is 1.52. The van der Waals surface area contributed by atoms with E-state index in [-0.39, 0.29) is 5.69 Å². The van der Waals surface area contributed by atoms with Gasteiger partial charge in [0.2, 0.25) is 0 Å². The molecule has 7 nitrogen and oxygen atoms in total. The molecule has 4 rings (SSSR count). The van der Waals surface area contributed by atoms with Crippen LogP contribution in [-0.4, -0.2) is 19.9 Å². The fourth-order valence-corrected chi connectivity index (χ4v) is 3.22. The van der Waals surface area contributed by atoms with Gasteiger partial charge in [-0.05, 0) is 6.07 Å².